The second kappa shape index (κ2) is 13.5. The molecule has 51 heavy (non-hydrogen) atoms. The minimum Gasteiger partial charge on any atom is -0.461 e. The maximum absolute atomic E-state index is 16.7. The predicted octanol–water partition coefficient (Wildman–Crippen LogP) is 6.34. The molecule has 7 heterocycles. The number of hydrogen-bond acceptors (Lipinski definition) is 9. The highest BCUT2D eigenvalue weighted by Gasteiger charge is 2.49. The van der Waals surface area contributed by atoms with E-state index in [2.05, 4.69) is 24.7 Å². The van der Waals surface area contributed by atoms with Crippen LogP contribution in [-0.4, -0.2) is 99.3 Å². The summed E-state index contributed by atoms with van der Waals surface area (Å²) in [6.07, 6.45) is 5.23. The molecule has 0 saturated carbocycles. The number of fused-ring (bicyclic) bond motifs is 3. The van der Waals surface area contributed by atoms with Crippen LogP contribution in [0.4, 0.5) is 19.0 Å². The van der Waals surface area contributed by atoms with Crippen molar-refractivity contribution in [3.05, 3.63) is 89.0 Å². The van der Waals surface area contributed by atoms with Gasteiger partial charge in [-0.3, -0.25) is 19.7 Å². The van der Waals surface area contributed by atoms with Gasteiger partial charge in [0, 0.05) is 72.1 Å². The molecule has 260 valence electrons. The third-order valence-electron chi connectivity index (χ3n) is 10.1. The van der Waals surface area contributed by atoms with Gasteiger partial charge >= 0.3 is 6.01 Å². The normalized spacial score (nSPS) is 22.4. The Hall–Kier alpha value is -5.13. The van der Waals surface area contributed by atoms with Crippen molar-refractivity contribution in [3.8, 4) is 17.3 Å². The highest BCUT2D eigenvalue weighted by Crippen LogP contribution is 2.41. The van der Waals surface area contributed by atoms with Crippen LogP contribution in [0.2, 0.25) is 0 Å². The Morgan fingerprint density at radius 1 is 1.10 bits per heavy atom. The molecule has 1 aromatic carbocycles. The first-order valence-electron chi connectivity index (χ1n) is 16.9. The minimum atomic E-state index is -0.983. The van der Waals surface area contributed by atoms with E-state index in [-0.39, 0.29) is 50.0 Å². The number of carbonyl (C=O) groups excluding carboxylic acids is 1. The molecule has 5 aromatic rings. The van der Waals surface area contributed by atoms with Crippen molar-refractivity contribution in [2.45, 2.75) is 37.0 Å². The molecular formula is C37H33F3N8O2S. The van der Waals surface area contributed by atoms with Crippen LogP contribution in [-0.2, 0) is 4.79 Å². The number of nitrogens with zero attached hydrogens (tertiary/aromatic N) is 8. The van der Waals surface area contributed by atoms with Gasteiger partial charge in [0.1, 0.15) is 35.8 Å². The Labute approximate surface area is 296 Å². The number of piperazine rings is 1. The van der Waals surface area contributed by atoms with E-state index in [9.17, 15) is 9.18 Å². The molecule has 0 aliphatic carbocycles. The smallest absolute Gasteiger partial charge is 0.319 e. The minimum absolute atomic E-state index is 0.00965. The second-order valence-electron chi connectivity index (χ2n) is 13.2. The third kappa shape index (κ3) is 6.14. The number of hydrogen-bond donors (Lipinski definition) is 0. The topological polar surface area (TPSA) is 91.9 Å². The molecule has 3 aliphatic rings. The number of anilines is 1. The average molecular weight is 711 g/mol. The molecule has 3 aliphatic heterocycles. The monoisotopic (exact) mass is 710 g/mol. The number of ether oxygens (including phenoxy) is 1. The number of amides is 1. The van der Waals surface area contributed by atoms with E-state index in [1.807, 2.05) is 34.5 Å². The fraction of sp³-hybridized carbons (Fsp3) is 0.351. The van der Waals surface area contributed by atoms with E-state index in [0.717, 1.165) is 35.5 Å². The zero-order valence-corrected chi connectivity index (χ0v) is 28.3. The van der Waals surface area contributed by atoms with Gasteiger partial charge in [-0.05, 0) is 37.6 Å². The molecule has 0 unspecified atom stereocenters. The van der Waals surface area contributed by atoms with Crippen molar-refractivity contribution < 1.29 is 22.7 Å². The molecule has 3 saturated heterocycles. The first kappa shape index (κ1) is 33.0. The van der Waals surface area contributed by atoms with E-state index >= 15 is 8.78 Å². The van der Waals surface area contributed by atoms with Crippen LogP contribution in [0.25, 0.3) is 43.2 Å². The summed E-state index contributed by atoms with van der Waals surface area (Å²) < 4.78 is 53.7. The third-order valence-corrected chi connectivity index (χ3v) is 11.1. The first-order chi connectivity index (χ1) is 24.8. The van der Waals surface area contributed by atoms with Crippen molar-refractivity contribution in [1.82, 2.24) is 29.7 Å². The maximum atomic E-state index is 16.7. The van der Waals surface area contributed by atoms with Gasteiger partial charge in [0.05, 0.1) is 16.6 Å². The lowest BCUT2D eigenvalue weighted by atomic mass is 9.95. The molecule has 0 bridgehead atoms. The standard InChI is InChI=1S/C37H33F3N8O2S/c1-41-17-25-20-46(13-14-48(25)35(49)29(39)15-24-7-4-5-11-42-24)34-27-18-43-32(28-21-51-30-9-3-2-8-26(28)30)31(40)33(27)44-36(45-34)50-22-37-10-6-12-47(37)19-23(38)16-37/h2-5,7-9,11,15,18,21,23,25H,6,10,12-14,16-17,19-20,22H2/b29-15-/t23-,25+,37+/m1/s1. The van der Waals surface area contributed by atoms with Crippen LogP contribution in [0.1, 0.15) is 25.0 Å². The summed E-state index contributed by atoms with van der Waals surface area (Å²) in [4.78, 5) is 40.1. The van der Waals surface area contributed by atoms with E-state index in [0.29, 0.717) is 35.4 Å². The van der Waals surface area contributed by atoms with E-state index in [1.165, 1.54) is 28.6 Å². The Balaban J connectivity index is 1.15. The van der Waals surface area contributed by atoms with Gasteiger partial charge in [0.2, 0.25) is 6.54 Å². The summed E-state index contributed by atoms with van der Waals surface area (Å²) in [6.45, 7) is 9.21. The Morgan fingerprint density at radius 2 is 1.96 bits per heavy atom. The lowest BCUT2D eigenvalue weighted by Crippen LogP contribution is -2.56. The molecule has 1 amide bonds. The zero-order valence-electron chi connectivity index (χ0n) is 27.5. The van der Waals surface area contributed by atoms with Crippen molar-refractivity contribution in [1.29, 1.82) is 0 Å². The molecule has 14 heteroatoms. The van der Waals surface area contributed by atoms with E-state index in [4.69, 9.17) is 16.3 Å². The van der Waals surface area contributed by atoms with E-state index < -0.39 is 35.3 Å². The largest absolute Gasteiger partial charge is 0.461 e. The molecule has 3 atom stereocenters. The van der Waals surface area contributed by atoms with Crippen LogP contribution in [0, 0.1) is 12.4 Å². The molecule has 4 aromatic heterocycles. The Morgan fingerprint density at radius 3 is 2.80 bits per heavy atom. The van der Waals surface area contributed by atoms with Gasteiger partial charge in [-0.1, -0.05) is 24.3 Å². The Bertz CT molecular complexity index is 2190. The summed E-state index contributed by atoms with van der Waals surface area (Å²) >= 11 is 1.49. The molecular weight excluding hydrogens is 678 g/mol. The van der Waals surface area contributed by atoms with Crippen LogP contribution < -0.4 is 9.64 Å². The highest BCUT2D eigenvalue weighted by atomic mass is 32.1. The molecule has 8 rings (SSSR count). The number of aromatic nitrogens is 4. The number of halogens is 3. The van der Waals surface area contributed by atoms with Crippen molar-refractivity contribution in [2.75, 3.05) is 50.8 Å². The van der Waals surface area contributed by atoms with Gasteiger partial charge in [0.15, 0.2) is 11.6 Å². The number of pyridine rings is 2. The van der Waals surface area contributed by atoms with E-state index in [1.54, 1.807) is 18.2 Å². The molecule has 10 nitrogen and oxygen atoms in total. The summed E-state index contributed by atoms with van der Waals surface area (Å²) in [6, 6.07) is 11.9. The van der Waals surface area contributed by atoms with Crippen LogP contribution in [0.15, 0.2) is 66.1 Å². The van der Waals surface area contributed by atoms with Gasteiger partial charge in [-0.25, -0.2) is 19.7 Å². The van der Waals surface area contributed by atoms with Crippen LogP contribution in [0.5, 0.6) is 6.01 Å². The van der Waals surface area contributed by atoms with Crippen LogP contribution >= 0.6 is 11.3 Å². The fourth-order valence-electron chi connectivity index (χ4n) is 7.69. The van der Waals surface area contributed by atoms with Crippen molar-refractivity contribution >= 4 is 50.1 Å². The summed E-state index contributed by atoms with van der Waals surface area (Å²) in [7, 11) is 0. The zero-order chi connectivity index (χ0) is 35.1. The van der Waals surface area contributed by atoms with Crippen molar-refractivity contribution in [3.63, 3.8) is 0 Å². The van der Waals surface area contributed by atoms with Gasteiger partial charge in [-0.2, -0.15) is 9.97 Å². The second-order valence-corrected chi connectivity index (χ2v) is 14.1. The van der Waals surface area contributed by atoms with Gasteiger partial charge in [0.25, 0.3) is 5.91 Å². The van der Waals surface area contributed by atoms with Crippen molar-refractivity contribution in [2.24, 2.45) is 0 Å². The predicted molar refractivity (Wildman–Crippen MR) is 189 cm³/mol. The number of alkyl halides is 1. The van der Waals surface area contributed by atoms with Gasteiger partial charge in [-0.15, -0.1) is 11.3 Å². The van der Waals surface area contributed by atoms with Crippen LogP contribution in [0.3, 0.4) is 0 Å². The fourth-order valence-corrected chi connectivity index (χ4v) is 8.64. The van der Waals surface area contributed by atoms with Gasteiger partial charge < -0.3 is 19.4 Å². The highest BCUT2D eigenvalue weighted by molar-refractivity contribution is 7.17. The molecule has 0 radical (unpaired) electrons. The maximum Gasteiger partial charge on any atom is 0.319 e. The number of rotatable bonds is 8. The average Bonchev–Trinajstić information content (AvgIpc) is 3.83. The molecule has 0 N–H and O–H groups in total. The number of carbonyl (C=O) groups is 1. The lowest BCUT2D eigenvalue weighted by Gasteiger charge is -2.39. The Kier molecular flexibility index (Phi) is 8.77. The number of benzene rings is 1. The lowest BCUT2D eigenvalue weighted by molar-refractivity contribution is -0.130. The number of thiophene rings is 1. The first-order valence-corrected chi connectivity index (χ1v) is 17.7. The quantitative estimate of drug-likeness (QED) is 0.136. The molecule has 3 fully saturated rings. The summed E-state index contributed by atoms with van der Waals surface area (Å²) in [5.74, 6) is -2.13. The summed E-state index contributed by atoms with van der Waals surface area (Å²) in [5.41, 5.74) is 0.616. The summed E-state index contributed by atoms with van der Waals surface area (Å²) in [5, 5.41) is 3.07. The molecule has 0 spiro atoms. The SMILES string of the molecule is [C-]#[N+]C[C@H]1CN(c2nc(OC[C@@]34CCCN3C[C@H](F)C4)nc3c(F)c(-c4csc5ccccc45)ncc23)CCN1C(=O)/C(F)=C/c1ccccn1.